The largest absolute Gasteiger partial charge is 0.619 e. The molecular formula is C18H21N3O3. The highest BCUT2D eigenvalue weighted by Gasteiger charge is 2.22. The van der Waals surface area contributed by atoms with E-state index >= 15 is 0 Å². The second-order valence-electron chi connectivity index (χ2n) is 6.12. The number of hydrogen-bond donors (Lipinski definition) is 1. The maximum Gasteiger partial charge on any atom is 0.261 e. The molecule has 126 valence electrons. The first-order chi connectivity index (χ1) is 11.5. The van der Waals surface area contributed by atoms with E-state index in [2.05, 4.69) is 24.1 Å². The third kappa shape index (κ3) is 3.83. The van der Waals surface area contributed by atoms with Crippen LogP contribution in [0.1, 0.15) is 24.2 Å². The SMILES string of the molecule is CC1CN(c2ccc(NC(=O)c3ccc[n+]([O-])c3)cc2)CC(C)O1. The number of nitrogens with one attached hydrogen (secondary N) is 1. The van der Waals surface area contributed by atoms with Gasteiger partial charge in [-0.1, -0.05) is 0 Å². The van der Waals surface area contributed by atoms with E-state index in [4.69, 9.17) is 4.74 Å². The van der Waals surface area contributed by atoms with E-state index in [1.54, 1.807) is 12.1 Å². The van der Waals surface area contributed by atoms with Gasteiger partial charge >= 0.3 is 0 Å². The van der Waals surface area contributed by atoms with E-state index in [1.165, 1.54) is 12.4 Å². The van der Waals surface area contributed by atoms with Gasteiger partial charge in [-0.05, 0) is 44.2 Å². The Labute approximate surface area is 141 Å². The highest BCUT2D eigenvalue weighted by molar-refractivity contribution is 6.03. The molecule has 2 atom stereocenters. The third-order valence-electron chi connectivity index (χ3n) is 3.95. The maximum atomic E-state index is 12.1. The lowest BCUT2D eigenvalue weighted by Crippen LogP contribution is -2.45. The van der Waals surface area contributed by atoms with Gasteiger partial charge in [0.15, 0.2) is 12.4 Å². The quantitative estimate of drug-likeness (QED) is 0.693. The predicted molar refractivity (Wildman–Crippen MR) is 92.0 cm³/mol. The zero-order chi connectivity index (χ0) is 17.1. The van der Waals surface area contributed by atoms with Crippen LogP contribution in [0.5, 0.6) is 0 Å². The lowest BCUT2D eigenvalue weighted by atomic mass is 10.2. The van der Waals surface area contributed by atoms with Crippen LogP contribution in [0.4, 0.5) is 11.4 Å². The lowest BCUT2D eigenvalue weighted by molar-refractivity contribution is -0.605. The number of rotatable bonds is 3. The Morgan fingerprint density at radius 3 is 2.50 bits per heavy atom. The second-order valence-corrected chi connectivity index (χ2v) is 6.12. The molecule has 0 aliphatic carbocycles. The smallest absolute Gasteiger partial charge is 0.261 e. The van der Waals surface area contributed by atoms with Gasteiger partial charge in [-0.25, -0.2) is 0 Å². The number of benzene rings is 1. The molecule has 0 saturated carbocycles. The van der Waals surface area contributed by atoms with E-state index in [0.29, 0.717) is 16.0 Å². The summed E-state index contributed by atoms with van der Waals surface area (Å²) in [5.74, 6) is -0.304. The summed E-state index contributed by atoms with van der Waals surface area (Å²) in [6.07, 6.45) is 2.99. The topological polar surface area (TPSA) is 68.5 Å². The highest BCUT2D eigenvalue weighted by atomic mass is 16.5. The van der Waals surface area contributed by atoms with E-state index < -0.39 is 0 Å². The average molecular weight is 327 g/mol. The fourth-order valence-corrected chi connectivity index (χ4v) is 2.94. The number of aromatic nitrogens is 1. The molecule has 2 unspecified atom stereocenters. The Bertz CT molecular complexity index is 708. The molecule has 2 aromatic rings. The standard InChI is InChI=1S/C18H21N3O3/c1-13-10-20(11-14(2)24-13)17-7-5-16(6-8-17)19-18(22)15-4-3-9-21(23)12-15/h3-9,12-14H,10-11H2,1-2H3,(H,19,22). The number of nitrogens with zero attached hydrogens (tertiary/aromatic N) is 2. The molecule has 1 aliphatic heterocycles. The Balaban J connectivity index is 1.67. The average Bonchev–Trinajstić information content (AvgIpc) is 2.54. The van der Waals surface area contributed by atoms with Crippen molar-refractivity contribution in [2.75, 3.05) is 23.3 Å². The summed E-state index contributed by atoms with van der Waals surface area (Å²) in [5.41, 5.74) is 2.12. The number of amides is 1. The molecule has 0 spiro atoms. The van der Waals surface area contributed by atoms with Crippen LogP contribution in [0.15, 0.2) is 48.8 Å². The van der Waals surface area contributed by atoms with Crippen molar-refractivity contribution in [3.05, 3.63) is 59.6 Å². The van der Waals surface area contributed by atoms with E-state index in [0.717, 1.165) is 18.8 Å². The monoisotopic (exact) mass is 327 g/mol. The minimum atomic E-state index is -0.304. The fraction of sp³-hybridized carbons (Fsp3) is 0.333. The molecule has 6 nitrogen and oxygen atoms in total. The van der Waals surface area contributed by atoms with Crippen LogP contribution in [-0.2, 0) is 4.74 Å². The van der Waals surface area contributed by atoms with Gasteiger partial charge < -0.3 is 20.2 Å². The van der Waals surface area contributed by atoms with Crippen molar-refractivity contribution in [1.29, 1.82) is 0 Å². The number of ether oxygens (including phenoxy) is 1. The van der Waals surface area contributed by atoms with Crippen LogP contribution in [0, 0.1) is 5.21 Å². The summed E-state index contributed by atoms with van der Waals surface area (Å²) >= 11 is 0. The summed E-state index contributed by atoms with van der Waals surface area (Å²) in [4.78, 5) is 14.4. The molecule has 1 saturated heterocycles. The molecule has 1 aromatic heterocycles. The van der Waals surface area contributed by atoms with Gasteiger partial charge in [-0.2, -0.15) is 4.73 Å². The fourth-order valence-electron chi connectivity index (χ4n) is 2.94. The molecule has 1 N–H and O–H groups in total. The van der Waals surface area contributed by atoms with Crippen LogP contribution >= 0.6 is 0 Å². The number of morpholine rings is 1. The number of carbonyl (C=O) groups is 1. The Morgan fingerprint density at radius 1 is 1.21 bits per heavy atom. The Morgan fingerprint density at radius 2 is 1.88 bits per heavy atom. The van der Waals surface area contributed by atoms with Gasteiger partial charge in [0.1, 0.15) is 5.56 Å². The molecule has 1 amide bonds. The summed E-state index contributed by atoms with van der Waals surface area (Å²) in [7, 11) is 0. The van der Waals surface area contributed by atoms with Crippen LogP contribution in [0.2, 0.25) is 0 Å². The van der Waals surface area contributed by atoms with Gasteiger partial charge in [0.2, 0.25) is 0 Å². The molecule has 1 aromatic carbocycles. The van der Waals surface area contributed by atoms with Crippen molar-refractivity contribution >= 4 is 17.3 Å². The number of anilines is 2. The first-order valence-electron chi connectivity index (χ1n) is 8.02. The lowest BCUT2D eigenvalue weighted by Gasteiger charge is -2.36. The summed E-state index contributed by atoms with van der Waals surface area (Å²) in [5, 5.41) is 14.0. The molecule has 3 rings (SSSR count). The molecule has 0 radical (unpaired) electrons. The first-order valence-corrected chi connectivity index (χ1v) is 8.02. The van der Waals surface area contributed by atoms with Gasteiger partial charge in [-0.3, -0.25) is 4.79 Å². The molecular weight excluding hydrogens is 306 g/mol. The summed E-state index contributed by atoms with van der Waals surface area (Å²) in [6, 6.07) is 10.9. The molecule has 1 aliphatic rings. The van der Waals surface area contributed by atoms with Crippen LogP contribution in [0.25, 0.3) is 0 Å². The molecule has 0 bridgehead atoms. The number of pyridine rings is 1. The van der Waals surface area contributed by atoms with E-state index in [-0.39, 0.29) is 18.1 Å². The molecule has 1 fully saturated rings. The van der Waals surface area contributed by atoms with Crippen molar-refractivity contribution in [3.63, 3.8) is 0 Å². The third-order valence-corrected chi connectivity index (χ3v) is 3.95. The van der Waals surface area contributed by atoms with Gasteiger partial charge in [0, 0.05) is 30.5 Å². The van der Waals surface area contributed by atoms with Crippen molar-refractivity contribution in [2.45, 2.75) is 26.1 Å². The summed E-state index contributed by atoms with van der Waals surface area (Å²) in [6.45, 7) is 5.84. The molecule has 24 heavy (non-hydrogen) atoms. The maximum absolute atomic E-state index is 12.1. The van der Waals surface area contributed by atoms with Crippen LogP contribution in [0.3, 0.4) is 0 Å². The van der Waals surface area contributed by atoms with Gasteiger partial charge in [0.05, 0.1) is 12.2 Å². The Hall–Kier alpha value is -2.60. The van der Waals surface area contributed by atoms with Crippen molar-refractivity contribution in [3.8, 4) is 0 Å². The van der Waals surface area contributed by atoms with Crippen LogP contribution in [-0.4, -0.2) is 31.2 Å². The Kier molecular flexibility index (Phi) is 4.66. The van der Waals surface area contributed by atoms with Crippen molar-refractivity contribution in [1.82, 2.24) is 0 Å². The minimum absolute atomic E-state index is 0.199. The second kappa shape index (κ2) is 6.88. The molecule has 2 heterocycles. The number of hydrogen-bond acceptors (Lipinski definition) is 4. The van der Waals surface area contributed by atoms with Gasteiger partial charge in [0.25, 0.3) is 5.91 Å². The van der Waals surface area contributed by atoms with E-state index in [1.807, 2.05) is 24.3 Å². The van der Waals surface area contributed by atoms with E-state index in [9.17, 15) is 10.0 Å². The predicted octanol–water partition coefficient (Wildman–Crippen LogP) is 2.19. The molecule has 6 heteroatoms. The highest BCUT2D eigenvalue weighted by Crippen LogP contribution is 2.22. The summed E-state index contributed by atoms with van der Waals surface area (Å²) < 4.78 is 6.36. The van der Waals surface area contributed by atoms with Crippen LogP contribution < -0.4 is 14.9 Å². The zero-order valence-corrected chi connectivity index (χ0v) is 13.8. The minimum Gasteiger partial charge on any atom is -0.619 e. The van der Waals surface area contributed by atoms with Crippen molar-refractivity contribution < 1.29 is 14.3 Å². The zero-order valence-electron chi connectivity index (χ0n) is 13.8. The normalized spacial score (nSPS) is 20.7. The first kappa shape index (κ1) is 16.3. The van der Waals surface area contributed by atoms with Gasteiger partial charge in [-0.15, -0.1) is 0 Å². The number of carbonyl (C=O) groups excluding carboxylic acids is 1. The van der Waals surface area contributed by atoms with Crippen molar-refractivity contribution in [2.24, 2.45) is 0 Å².